The van der Waals surface area contributed by atoms with Crippen molar-refractivity contribution in [1.82, 2.24) is 4.90 Å². The molecule has 4 nitrogen and oxygen atoms in total. The fourth-order valence-electron chi connectivity index (χ4n) is 2.87. The third kappa shape index (κ3) is 4.06. The third-order valence-corrected chi connectivity index (χ3v) is 4.33. The van der Waals surface area contributed by atoms with Gasteiger partial charge in [0.15, 0.2) is 0 Å². The Balaban J connectivity index is 2.01. The van der Waals surface area contributed by atoms with Crippen molar-refractivity contribution in [3.8, 4) is 0 Å². The molecule has 1 fully saturated rings. The second-order valence-corrected chi connectivity index (χ2v) is 5.99. The highest BCUT2D eigenvalue weighted by Crippen LogP contribution is 2.23. The van der Waals surface area contributed by atoms with Gasteiger partial charge in [-0.1, -0.05) is 6.07 Å². The Labute approximate surface area is 125 Å². The van der Waals surface area contributed by atoms with Crippen LogP contribution in [0.15, 0.2) is 18.2 Å². The van der Waals surface area contributed by atoms with Crippen LogP contribution in [-0.4, -0.2) is 35.0 Å². The van der Waals surface area contributed by atoms with Crippen LogP contribution in [0, 0.1) is 19.8 Å². The zero-order valence-electron chi connectivity index (χ0n) is 12.8. The summed E-state index contributed by atoms with van der Waals surface area (Å²) in [6.45, 7) is 5.50. The first kappa shape index (κ1) is 15.5. The van der Waals surface area contributed by atoms with Gasteiger partial charge in [-0.15, -0.1) is 0 Å². The number of rotatable bonds is 4. The lowest BCUT2D eigenvalue weighted by molar-refractivity contribution is -0.137. The van der Waals surface area contributed by atoms with E-state index in [4.69, 9.17) is 5.11 Å². The number of hydrogen-bond donors (Lipinski definition) is 1. The summed E-state index contributed by atoms with van der Waals surface area (Å²) >= 11 is 0. The number of carbonyl (C=O) groups is 2. The Morgan fingerprint density at radius 3 is 2.71 bits per heavy atom. The molecule has 0 bridgehead atoms. The number of aliphatic carboxylic acids is 1. The predicted octanol–water partition coefficient (Wildman–Crippen LogP) is 3.02. The van der Waals surface area contributed by atoms with Crippen molar-refractivity contribution >= 4 is 11.9 Å². The van der Waals surface area contributed by atoms with Crippen molar-refractivity contribution in [3.05, 3.63) is 34.9 Å². The number of carbonyl (C=O) groups excluding carboxylic acids is 1. The minimum atomic E-state index is -0.757. The quantitative estimate of drug-likeness (QED) is 0.927. The number of hydrogen-bond acceptors (Lipinski definition) is 2. The van der Waals surface area contributed by atoms with Gasteiger partial charge in [0.25, 0.3) is 5.91 Å². The molecule has 21 heavy (non-hydrogen) atoms. The summed E-state index contributed by atoms with van der Waals surface area (Å²) in [5, 5.41) is 8.77. The molecule has 0 spiro atoms. The zero-order valence-corrected chi connectivity index (χ0v) is 12.8. The largest absolute Gasteiger partial charge is 0.481 e. The molecule has 0 aromatic heterocycles. The van der Waals surface area contributed by atoms with Gasteiger partial charge in [-0.2, -0.15) is 0 Å². The summed E-state index contributed by atoms with van der Waals surface area (Å²) in [4.78, 5) is 25.1. The van der Waals surface area contributed by atoms with E-state index in [1.807, 2.05) is 36.9 Å². The van der Waals surface area contributed by atoms with E-state index in [2.05, 4.69) is 0 Å². The van der Waals surface area contributed by atoms with E-state index in [0.29, 0.717) is 18.9 Å². The Morgan fingerprint density at radius 1 is 1.29 bits per heavy atom. The number of carboxylic acids is 1. The first-order chi connectivity index (χ1) is 9.97. The Kier molecular flexibility index (Phi) is 4.99. The first-order valence-electron chi connectivity index (χ1n) is 7.55. The molecule has 1 N–H and O–H groups in total. The second kappa shape index (κ2) is 6.74. The number of nitrogens with zero attached hydrogens (tertiary/aromatic N) is 1. The second-order valence-electron chi connectivity index (χ2n) is 5.99. The van der Waals surface area contributed by atoms with Crippen molar-refractivity contribution in [3.63, 3.8) is 0 Å². The van der Waals surface area contributed by atoms with Crippen LogP contribution in [0.5, 0.6) is 0 Å². The molecule has 1 saturated heterocycles. The van der Waals surface area contributed by atoms with Gasteiger partial charge in [0.1, 0.15) is 0 Å². The maximum atomic E-state index is 12.6. The highest BCUT2D eigenvalue weighted by molar-refractivity contribution is 5.94. The van der Waals surface area contributed by atoms with Crippen LogP contribution < -0.4 is 0 Å². The number of benzene rings is 1. The van der Waals surface area contributed by atoms with Crippen molar-refractivity contribution in [2.24, 2.45) is 5.92 Å². The lowest BCUT2D eigenvalue weighted by atomic mass is 9.93. The van der Waals surface area contributed by atoms with Gasteiger partial charge in [0, 0.05) is 25.1 Å². The Morgan fingerprint density at radius 2 is 2.05 bits per heavy atom. The third-order valence-electron chi connectivity index (χ3n) is 4.33. The molecule has 1 atom stereocenters. The molecule has 1 aliphatic heterocycles. The molecule has 114 valence electrons. The normalized spacial score (nSPS) is 18.6. The molecule has 0 aliphatic carbocycles. The van der Waals surface area contributed by atoms with Crippen molar-refractivity contribution in [2.75, 3.05) is 13.1 Å². The van der Waals surface area contributed by atoms with Crippen LogP contribution in [0.3, 0.4) is 0 Å². The first-order valence-corrected chi connectivity index (χ1v) is 7.55. The van der Waals surface area contributed by atoms with Crippen LogP contribution in [0.2, 0.25) is 0 Å². The zero-order chi connectivity index (χ0) is 15.4. The van der Waals surface area contributed by atoms with E-state index < -0.39 is 5.97 Å². The van der Waals surface area contributed by atoms with E-state index in [-0.39, 0.29) is 12.3 Å². The molecule has 1 heterocycles. The van der Waals surface area contributed by atoms with Gasteiger partial charge in [-0.05, 0) is 62.3 Å². The Hall–Kier alpha value is -1.84. The minimum absolute atomic E-state index is 0.0677. The predicted molar refractivity (Wildman–Crippen MR) is 81.4 cm³/mol. The maximum Gasteiger partial charge on any atom is 0.303 e. The molecule has 1 unspecified atom stereocenters. The van der Waals surface area contributed by atoms with Gasteiger partial charge >= 0.3 is 5.97 Å². The van der Waals surface area contributed by atoms with Crippen molar-refractivity contribution < 1.29 is 14.7 Å². The van der Waals surface area contributed by atoms with E-state index in [0.717, 1.165) is 30.5 Å². The van der Waals surface area contributed by atoms with E-state index in [9.17, 15) is 9.59 Å². The molecule has 2 rings (SSSR count). The topological polar surface area (TPSA) is 57.6 Å². The lowest BCUT2D eigenvalue weighted by Crippen LogP contribution is -2.40. The molecule has 1 aliphatic rings. The molecular formula is C17H23NO3. The summed E-state index contributed by atoms with van der Waals surface area (Å²) in [6.07, 6.45) is 2.83. The number of likely N-dealkylation sites (tertiary alicyclic amines) is 1. The lowest BCUT2D eigenvalue weighted by Gasteiger charge is -2.32. The minimum Gasteiger partial charge on any atom is -0.481 e. The van der Waals surface area contributed by atoms with Crippen LogP contribution in [0.25, 0.3) is 0 Å². The van der Waals surface area contributed by atoms with Gasteiger partial charge in [0.05, 0.1) is 0 Å². The van der Waals surface area contributed by atoms with Crippen LogP contribution >= 0.6 is 0 Å². The summed E-state index contributed by atoms with van der Waals surface area (Å²) in [5.41, 5.74) is 3.04. The van der Waals surface area contributed by atoms with E-state index >= 15 is 0 Å². The molecule has 1 amide bonds. The van der Waals surface area contributed by atoms with Gasteiger partial charge in [0.2, 0.25) is 0 Å². The molecular weight excluding hydrogens is 266 g/mol. The van der Waals surface area contributed by atoms with Gasteiger partial charge in [-0.3, -0.25) is 9.59 Å². The van der Waals surface area contributed by atoms with Crippen molar-refractivity contribution in [1.29, 1.82) is 0 Å². The maximum absolute atomic E-state index is 12.6. The molecule has 0 saturated carbocycles. The number of amides is 1. The fraction of sp³-hybridized carbons (Fsp3) is 0.529. The van der Waals surface area contributed by atoms with E-state index in [1.165, 1.54) is 5.56 Å². The smallest absolute Gasteiger partial charge is 0.303 e. The van der Waals surface area contributed by atoms with Crippen LogP contribution in [0.4, 0.5) is 0 Å². The number of carboxylic acid groups (broad SMARTS) is 1. The Bertz CT molecular complexity index is 539. The molecule has 1 aromatic rings. The van der Waals surface area contributed by atoms with Gasteiger partial charge in [-0.25, -0.2) is 0 Å². The van der Waals surface area contributed by atoms with E-state index in [1.54, 1.807) is 0 Å². The fourth-order valence-corrected chi connectivity index (χ4v) is 2.87. The summed E-state index contributed by atoms with van der Waals surface area (Å²) in [6, 6.07) is 5.80. The average Bonchev–Trinajstić information content (AvgIpc) is 2.47. The number of aryl methyl sites for hydroxylation is 2. The summed E-state index contributed by atoms with van der Waals surface area (Å²) in [5.74, 6) is -0.379. The number of piperidine rings is 1. The van der Waals surface area contributed by atoms with Crippen LogP contribution in [0.1, 0.15) is 47.2 Å². The highest BCUT2D eigenvalue weighted by atomic mass is 16.4. The molecule has 4 heteroatoms. The monoisotopic (exact) mass is 289 g/mol. The van der Waals surface area contributed by atoms with Crippen LogP contribution in [-0.2, 0) is 4.79 Å². The standard InChI is InChI=1S/C17H23NO3/c1-12-5-7-15(10-13(12)2)17(21)18-9-3-4-14(11-18)6-8-16(19)20/h5,7,10,14H,3-4,6,8-9,11H2,1-2H3,(H,19,20). The summed E-state index contributed by atoms with van der Waals surface area (Å²) in [7, 11) is 0. The molecule has 0 radical (unpaired) electrons. The highest BCUT2D eigenvalue weighted by Gasteiger charge is 2.24. The average molecular weight is 289 g/mol. The SMILES string of the molecule is Cc1ccc(C(=O)N2CCCC(CCC(=O)O)C2)cc1C. The molecule has 1 aromatic carbocycles. The van der Waals surface area contributed by atoms with Crippen molar-refractivity contribution in [2.45, 2.75) is 39.5 Å². The van der Waals surface area contributed by atoms with Gasteiger partial charge < -0.3 is 10.0 Å². The summed E-state index contributed by atoms with van der Waals surface area (Å²) < 4.78 is 0.